The number of amides is 2. The second-order valence-corrected chi connectivity index (χ2v) is 4.28. The topological polar surface area (TPSA) is 78.2 Å². The number of hydrogen-bond acceptors (Lipinski definition) is 4. The molecule has 1 aliphatic heterocycles. The first kappa shape index (κ1) is 13.0. The van der Waals surface area contributed by atoms with E-state index in [0.717, 1.165) is 4.90 Å². The molecule has 0 radical (unpaired) electrons. The SMILES string of the molecule is N#CCC(=O)CCCN1C(=O)c2ccccc2C1=O. The van der Waals surface area contributed by atoms with Gasteiger partial charge in [-0.15, -0.1) is 0 Å². The molecule has 96 valence electrons. The number of carbonyl (C=O) groups excluding carboxylic acids is 3. The predicted octanol–water partition coefficient (Wildman–Crippen LogP) is 1.55. The number of carbonyl (C=O) groups is 3. The Hall–Kier alpha value is -2.48. The average Bonchev–Trinajstić information content (AvgIpc) is 2.65. The molecule has 1 aromatic carbocycles. The van der Waals surface area contributed by atoms with E-state index in [2.05, 4.69) is 0 Å². The fraction of sp³-hybridized carbons (Fsp3) is 0.286. The van der Waals surface area contributed by atoms with Crippen LogP contribution in [-0.2, 0) is 4.79 Å². The van der Waals surface area contributed by atoms with Crippen LogP contribution >= 0.6 is 0 Å². The smallest absolute Gasteiger partial charge is 0.261 e. The van der Waals surface area contributed by atoms with Crippen molar-refractivity contribution in [1.29, 1.82) is 5.26 Å². The molecule has 2 amide bonds. The van der Waals surface area contributed by atoms with Crippen molar-refractivity contribution in [2.75, 3.05) is 6.54 Å². The van der Waals surface area contributed by atoms with Gasteiger partial charge in [-0.05, 0) is 18.6 Å². The summed E-state index contributed by atoms with van der Waals surface area (Å²) in [7, 11) is 0. The molecular weight excluding hydrogens is 244 g/mol. The van der Waals surface area contributed by atoms with Gasteiger partial charge in [0, 0.05) is 13.0 Å². The summed E-state index contributed by atoms with van der Waals surface area (Å²) >= 11 is 0. The van der Waals surface area contributed by atoms with Crippen LogP contribution in [0.25, 0.3) is 0 Å². The van der Waals surface area contributed by atoms with Gasteiger partial charge in [-0.1, -0.05) is 12.1 Å². The van der Waals surface area contributed by atoms with Crippen LogP contribution in [0.4, 0.5) is 0 Å². The minimum Gasteiger partial charge on any atom is -0.299 e. The first-order valence-corrected chi connectivity index (χ1v) is 5.99. The van der Waals surface area contributed by atoms with Gasteiger partial charge in [-0.3, -0.25) is 19.3 Å². The van der Waals surface area contributed by atoms with Crippen LogP contribution in [-0.4, -0.2) is 29.0 Å². The number of fused-ring (bicyclic) bond motifs is 1. The molecule has 0 aliphatic carbocycles. The maximum absolute atomic E-state index is 12.0. The van der Waals surface area contributed by atoms with Gasteiger partial charge in [-0.25, -0.2) is 0 Å². The van der Waals surface area contributed by atoms with E-state index in [1.165, 1.54) is 0 Å². The molecular formula is C14H12N2O3. The van der Waals surface area contributed by atoms with Crippen molar-refractivity contribution >= 4 is 17.6 Å². The van der Waals surface area contributed by atoms with Crippen LogP contribution in [0.15, 0.2) is 24.3 Å². The maximum atomic E-state index is 12.0. The zero-order chi connectivity index (χ0) is 13.8. The van der Waals surface area contributed by atoms with Crippen molar-refractivity contribution in [2.24, 2.45) is 0 Å². The summed E-state index contributed by atoms with van der Waals surface area (Å²) in [4.78, 5) is 36.3. The van der Waals surface area contributed by atoms with Crippen molar-refractivity contribution in [2.45, 2.75) is 19.3 Å². The summed E-state index contributed by atoms with van der Waals surface area (Å²) in [5.41, 5.74) is 0.826. The third-order valence-electron chi connectivity index (χ3n) is 2.99. The Kier molecular flexibility index (Phi) is 3.71. The first-order valence-electron chi connectivity index (χ1n) is 5.99. The van der Waals surface area contributed by atoms with Gasteiger partial charge < -0.3 is 0 Å². The number of nitrogens with zero attached hydrogens (tertiary/aromatic N) is 2. The van der Waals surface area contributed by atoms with Crippen LogP contribution in [0.3, 0.4) is 0 Å². The van der Waals surface area contributed by atoms with E-state index in [1.54, 1.807) is 30.3 Å². The number of hydrogen-bond donors (Lipinski definition) is 0. The van der Waals surface area contributed by atoms with E-state index < -0.39 is 0 Å². The quantitative estimate of drug-likeness (QED) is 0.749. The van der Waals surface area contributed by atoms with Gasteiger partial charge in [0.05, 0.1) is 23.6 Å². The Bertz CT molecular complexity index is 552. The van der Waals surface area contributed by atoms with Gasteiger partial charge >= 0.3 is 0 Å². The van der Waals surface area contributed by atoms with Crippen LogP contribution in [0, 0.1) is 11.3 Å². The van der Waals surface area contributed by atoms with Gasteiger partial charge in [0.15, 0.2) is 0 Å². The molecule has 1 aliphatic rings. The molecule has 0 aromatic heterocycles. The average molecular weight is 256 g/mol. The lowest BCUT2D eigenvalue weighted by Gasteiger charge is -2.12. The van der Waals surface area contributed by atoms with Crippen LogP contribution in [0.2, 0.25) is 0 Å². The molecule has 19 heavy (non-hydrogen) atoms. The highest BCUT2D eigenvalue weighted by Gasteiger charge is 2.34. The Labute approximate surface area is 110 Å². The third kappa shape index (κ3) is 2.52. The molecule has 2 rings (SSSR count). The van der Waals surface area contributed by atoms with Crippen LogP contribution in [0.5, 0.6) is 0 Å². The Morgan fingerprint density at radius 3 is 2.26 bits per heavy atom. The largest absolute Gasteiger partial charge is 0.299 e. The lowest BCUT2D eigenvalue weighted by molar-refractivity contribution is -0.118. The lowest BCUT2D eigenvalue weighted by atomic mass is 10.1. The number of nitriles is 1. The summed E-state index contributed by atoms with van der Waals surface area (Å²) in [5.74, 6) is -0.791. The zero-order valence-electron chi connectivity index (χ0n) is 10.3. The lowest BCUT2D eigenvalue weighted by Crippen LogP contribution is -2.31. The highest BCUT2D eigenvalue weighted by atomic mass is 16.2. The fourth-order valence-electron chi connectivity index (χ4n) is 2.05. The molecule has 0 bridgehead atoms. The minimum atomic E-state index is -0.312. The van der Waals surface area contributed by atoms with Gasteiger partial charge in [0.25, 0.3) is 11.8 Å². The molecule has 0 atom stereocenters. The van der Waals surface area contributed by atoms with E-state index in [9.17, 15) is 14.4 Å². The van der Waals surface area contributed by atoms with Crippen molar-refractivity contribution in [3.63, 3.8) is 0 Å². The molecule has 0 saturated carbocycles. The summed E-state index contributed by atoms with van der Waals surface area (Å²) < 4.78 is 0. The maximum Gasteiger partial charge on any atom is 0.261 e. The number of imide groups is 1. The standard InChI is InChI=1S/C14H12N2O3/c15-8-7-10(17)4-3-9-16-13(18)11-5-1-2-6-12(11)14(16)19/h1-2,5-6H,3-4,7,9H2. The van der Waals surface area contributed by atoms with Gasteiger partial charge in [0.2, 0.25) is 0 Å². The summed E-state index contributed by atoms with van der Waals surface area (Å²) in [6, 6.07) is 8.45. The zero-order valence-corrected chi connectivity index (χ0v) is 10.3. The highest BCUT2D eigenvalue weighted by Crippen LogP contribution is 2.22. The molecule has 1 heterocycles. The predicted molar refractivity (Wildman–Crippen MR) is 66.3 cm³/mol. The molecule has 0 saturated heterocycles. The summed E-state index contributed by atoms with van der Waals surface area (Å²) in [6.07, 6.45) is 0.481. The molecule has 1 aromatic rings. The summed E-state index contributed by atoms with van der Waals surface area (Å²) in [5, 5.41) is 8.36. The second-order valence-electron chi connectivity index (χ2n) is 4.28. The highest BCUT2D eigenvalue weighted by molar-refractivity contribution is 6.21. The molecule has 0 N–H and O–H groups in total. The number of Topliss-reactive ketones (excluding diaryl/α,β-unsaturated/α-hetero) is 1. The fourth-order valence-corrected chi connectivity index (χ4v) is 2.05. The van der Waals surface area contributed by atoms with Crippen molar-refractivity contribution in [3.05, 3.63) is 35.4 Å². The van der Waals surface area contributed by atoms with Crippen molar-refractivity contribution in [3.8, 4) is 6.07 Å². The Balaban J connectivity index is 1.98. The number of benzene rings is 1. The molecule has 5 heteroatoms. The van der Waals surface area contributed by atoms with Gasteiger partial charge in [-0.2, -0.15) is 5.26 Å². The molecule has 0 fully saturated rings. The van der Waals surface area contributed by atoms with Crippen molar-refractivity contribution in [1.82, 2.24) is 4.90 Å². The van der Waals surface area contributed by atoms with E-state index in [-0.39, 0.29) is 37.0 Å². The number of ketones is 1. The Morgan fingerprint density at radius 1 is 1.16 bits per heavy atom. The van der Waals surface area contributed by atoms with E-state index in [0.29, 0.717) is 17.5 Å². The van der Waals surface area contributed by atoms with Crippen molar-refractivity contribution < 1.29 is 14.4 Å². The number of rotatable bonds is 5. The van der Waals surface area contributed by atoms with Gasteiger partial charge in [0.1, 0.15) is 5.78 Å². The van der Waals surface area contributed by atoms with Crippen LogP contribution in [0.1, 0.15) is 40.0 Å². The molecule has 0 unspecified atom stereocenters. The Morgan fingerprint density at radius 2 is 1.74 bits per heavy atom. The first-order chi connectivity index (χ1) is 9.15. The van der Waals surface area contributed by atoms with E-state index in [1.807, 2.05) is 0 Å². The van der Waals surface area contributed by atoms with E-state index in [4.69, 9.17) is 5.26 Å². The minimum absolute atomic E-state index is 0.123. The normalized spacial score (nSPS) is 13.3. The molecule has 5 nitrogen and oxygen atoms in total. The van der Waals surface area contributed by atoms with E-state index >= 15 is 0 Å². The second kappa shape index (κ2) is 5.44. The van der Waals surface area contributed by atoms with Crippen LogP contribution < -0.4 is 0 Å². The monoisotopic (exact) mass is 256 g/mol. The molecule has 0 spiro atoms. The summed E-state index contributed by atoms with van der Waals surface area (Å²) in [6.45, 7) is 0.212. The third-order valence-corrected chi connectivity index (χ3v) is 2.99.